The first-order valence-corrected chi connectivity index (χ1v) is 7.16. The number of carboxylic acids is 1. The molecular formula is C17H17ClO4. The molecule has 1 N–H and O–H groups in total. The highest BCUT2D eigenvalue weighted by Gasteiger charge is 2.21. The SMILES string of the molecule is COc1cccc(O[C@H](Cc2cccc(Cl)c2C)C(=O)O)c1. The Labute approximate surface area is 134 Å². The zero-order chi connectivity index (χ0) is 16.1. The molecule has 0 bridgehead atoms. The highest BCUT2D eigenvalue weighted by atomic mass is 35.5. The molecule has 0 unspecified atom stereocenters. The second kappa shape index (κ2) is 7.18. The van der Waals surface area contributed by atoms with Crippen molar-refractivity contribution < 1.29 is 19.4 Å². The standard InChI is InChI=1S/C17H17ClO4/c1-11-12(5-3-8-15(11)18)9-16(17(19)20)22-14-7-4-6-13(10-14)21-2/h3-8,10,16H,9H2,1-2H3,(H,19,20)/t16-/m1/s1. The monoisotopic (exact) mass is 320 g/mol. The van der Waals surface area contributed by atoms with Gasteiger partial charge in [-0.2, -0.15) is 0 Å². The molecule has 116 valence electrons. The number of benzene rings is 2. The van der Waals surface area contributed by atoms with Crippen LogP contribution in [0.15, 0.2) is 42.5 Å². The van der Waals surface area contributed by atoms with Crippen LogP contribution in [0.1, 0.15) is 11.1 Å². The van der Waals surface area contributed by atoms with Gasteiger partial charge in [0.15, 0.2) is 6.10 Å². The maximum absolute atomic E-state index is 11.5. The molecular weight excluding hydrogens is 304 g/mol. The fraction of sp³-hybridized carbons (Fsp3) is 0.235. The van der Waals surface area contributed by atoms with E-state index in [1.165, 1.54) is 0 Å². The molecule has 0 saturated heterocycles. The van der Waals surface area contributed by atoms with Crippen molar-refractivity contribution in [2.75, 3.05) is 7.11 Å². The van der Waals surface area contributed by atoms with Gasteiger partial charge in [-0.3, -0.25) is 0 Å². The van der Waals surface area contributed by atoms with E-state index < -0.39 is 12.1 Å². The fourth-order valence-corrected chi connectivity index (χ4v) is 2.29. The number of carbonyl (C=O) groups is 1. The third kappa shape index (κ3) is 3.92. The van der Waals surface area contributed by atoms with Crippen LogP contribution in [0.5, 0.6) is 11.5 Å². The van der Waals surface area contributed by atoms with Gasteiger partial charge in [-0.25, -0.2) is 4.79 Å². The first-order chi connectivity index (χ1) is 10.5. The van der Waals surface area contributed by atoms with Gasteiger partial charge in [0.2, 0.25) is 0 Å². The molecule has 0 fully saturated rings. The van der Waals surface area contributed by atoms with Gasteiger partial charge in [-0.15, -0.1) is 0 Å². The summed E-state index contributed by atoms with van der Waals surface area (Å²) in [6.45, 7) is 1.86. The van der Waals surface area contributed by atoms with Crippen molar-refractivity contribution in [3.05, 3.63) is 58.6 Å². The predicted octanol–water partition coefficient (Wildman–Crippen LogP) is 3.73. The third-order valence-electron chi connectivity index (χ3n) is 3.38. The van der Waals surface area contributed by atoms with E-state index in [-0.39, 0.29) is 6.42 Å². The Morgan fingerprint density at radius 3 is 2.59 bits per heavy atom. The van der Waals surface area contributed by atoms with E-state index in [2.05, 4.69) is 0 Å². The molecule has 0 saturated carbocycles. The van der Waals surface area contributed by atoms with Crippen LogP contribution >= 0.6 is 11.6 Å². The summed E-state index contributed by atoms with van der Waals surface area (Å²) in [6, 6.07) is 12.3. The minimum absolute atomic E-state index is 0.235. The van der Waals surface area contributed by atoms with Crippen molar-refractivity contribution >= 4 is 17.6 Å². The van der Waals surface area contributed by atoms with Gasteiger partial charge < -0.3 is 14.6 Å². The van der Waals surface area contributed by atoms with Crippen molar-refractivity contribution in [1.82, 2.24) is 0 Å². The number of ether oxygens (including phenoxy) is 2. The van der Waals surface area contributed by atoms with Crippen LogP contribution in [0.25, 0.3) is 0 Å². The number of rotatable bonds is 6. The Bertz CT molecular complexity index is 669. The highest BCUT2D eigenvalue weighted by molar-refractivity contribution is 6.31. The number of halogens is 1. The Hall–Kier alpha value is -2.20. The molecule has 2 rings (SSSR count). The molecule has 22 heavy (non-hydrogen) atoms. The zero-order valence-electron chi connectivity index (χ0n) is 12.4. The van der Waals surface area contributed by atoms with Crippen LogP contribution in [0.2, 0.25) is 5.02 Å². The normalized spacial score (nSPS) is 11.8. The quantitative estimate of drug-likeness (QED) is 0.881. The summed E-state index contributed by atoms with van der Waals surface area (Å²) in [7, 11) is 1.54. The average Bonchev–Trinajstić information content (AvgIpc) is 2.51. The Balaban J connectivity index is 2.20. The van der Waals surface area contributed by atoms with Crippen LogP contribution < -0.4 is 9.47 Å². The van der Waals surface area contributed by atoms with E-state index in [1.807, 2.05) is 13.0 Å². The van der Waals surface area contributed by atoms with Crippen molar-refractivity contribution in [2.45, 2.75) is 19.4 Å². The maximum Gasteiger partial charge on any atom is 0.345 e. The topological polar surface area (TPSA) is 55.8 Å². The molecule has 2 aromatic rings. The van der Waals surface area contributed by atoms with Crippen LogP contribution in [0, 0.1) is 6.92 Å². The molecule has 1 atom stereocenters. The molecule has 0 aliphatic heterocycles. The van der Waals surface area contributed by atoms with E-state index in [0.717, 1.165) is 11.1 Å². The van der Waals surface area contributed by atoms with Crippen LogP contribution in [-0.2, 0) is 11.2 Å². The lowest BCUT2D eigenvalue weighted by Crippen LogP contribution is -2.29. The number of methoxy groups -OCH3 is 1. The lowest BCUT2D eigenvalue weighted by molar-refractivity contribution is -0.145. The molecule has 2 aromatic carbocycles. The molecule has 0 aromatic heterocycles. The lowest BCUT2D eigenvalue weighted by Gasteiger charge is -2.17. The summed E-state index contributed by atoms with van der Waals surface area (Å²) in [4.78, 5) is 11.5. The maximum atomic E-state index is 11.5. The van der Waals surface area contributed by atoms with Crippen molar-refractivity contribution in [2.24, 2.45) is 0 Å². The lowest BCUT2D eigenvalue weighted by atomic mass is 10.0. The number of hydrogen-bond acceptors (Lipinski definition) is 3. The van der Waals surface area contributed by atoms with E-state index in [1.54, 1.807) is 43.5 Å². The Morgan fingerprint density at radius 1 is 1.23 bits per heavy atom. The van der Waals surface area contributed by atoms with Crippen molar-refractivity contribution in [3.63, 3.8) is 0 Å². The largest absolute Gasteiger partial charge is 0.497 e. The van der Waals surface area contributed by atoms with Gasteiger partial charge in [0.05, 0.1) is 7.11 Å². The molecule has 5 heteroatoms. The summed E-state index contributed by atoms with van der Waals surface area (Å²) in [5.41, 5.74) is 1.72. The summed E-state index contributed by atoms with van der Waals surface area (Å²) < 4.78 is 10.7. The summed E-state index contributed by atoms with van der Waals surface area (Å²) in [5, 5.41) is 10.0. The average molecular weight is 321 g/mol. The molecule has 0 spiro atoms. The summed E-state index contributed by atoms with van der Waals surface area (Å²) in [6.07, 6.45) is -0.761. The van der Waals surface area contributed by atoms with Gasteiger partial charge in [-0.1, -0.05) is 29.8 Å². The van der Waals surface area contributed by atoms with Crippen LogP contribution in [0.4, 0.5) is 0 Å². The molecule has 0 heterocycles. The van der Waals surface area contributed by atoms with E-state index in [0.29, 0.717) is 16.5 Å². The molecule has 0 radical (unpaired) electrons. The fourth-order valence-electron chi connectivity index (χ4n) is 2.09. The number of aliphatic carboxylic acids is 1. The van der Waals surface area contributed by atoms with Crippen molar-refractivity contribution in [1.29, 1.82) is 0 Å². The third-order valence-corrected chi connectivity index (χ3v) is 3.79. The smallest absolute Gasteiger partial charge is 0.345 e. The first-order valence-electron chi connectivity index (χ1n) is 6.78. The molecule has 0 amide bonds. The van der Waals surface area contributed by atoms with Gasteiger partial charge in [0, 0.05) is 17.5 Å². The van der Waals surface area contributed by atoms with E-state index in [4.69, 9.17) is 21.1 Å². The highest BCUT2D eigenvalue weighted by Crippen LogP contribution is 2.23. The Morgan fingerprint density at radius 2 is 1.91 bits per heavy atom. The van der Waals surface area contributed by atoms with Gasteiger partial charge in [-0.05, 0) is 36.2 Å². The van der Waals surface area contributed by atoms with Gasteiger partial charge in [0.1, 0.15) is 11.5 Å². The van der Waals surface area contributed by atoms with Gasteiger partial charge in [0.25, 0.3) is 0 Å². The van der Waals surface area contributed by atoms with Crippen LogP contribution in [-0.4, -0.2) is 24.3 Å². The second-order valence-electron chi connectivity index (χ2n) is 4.85. The second-order valence-corrected chi connectivity index (χ2v) is 5.26. The van der Waals surface area contributed by atoms with E-state index >= 15 is 0 Å². The molecule has 0 aliphatic rings. The zero-order valence-corrected chi connectivity index (χ0v) is 13.1. The minimum Gasteiger partial charge on any atom is -0.497 e. The minimum atomic E-state index is -1.03. The molecule has 0 aliphatic carbocycles. The summed E-state index contributed by atoms with van der Waals surface area (Å²) in [5.74, 6) is 0.0363. The van der Waals surface area contributed by atoms with Gasteiger partial charge >= 0.3 is 5.97 Å². The summed E-state index contributed by atoms with van der Waals surface area (Å²) >= 11 is 6.07. The van der Waals surface area contributed by atoms with E-state index in [9.17, 15) is 9.90 Å². The Kier molecular flexibility index (Phi) is 5.28. The predicted molar refractivity (Wildman–Crippen MR) is 84.9 cm³/mol. The first kappa shape index (κ1) is 16.2. The van der Waals surface area contributed by atoms with Crippen LogP contribution in [0.3, 0.4) is 0 Å². The molecule has 4 nitrogen and oxygen atoms in total. The number of hydrogen-bond donors (Lipinski definition) is 1. The number of carboxylic acid groups (broad SMARTS) is 1. The van der Waals surface area contributed by atoms with Crippen molar-refractivity contribution in [3.8, 4) is 11.5 Å².